The summed E-state index contributed by atoms with van der Waals surface area (Å²) in [5, 5.41) is 14.5. The normalized spacial score (nSPS) is 9.68. The van der Waals surface area contributed by atoms with Crippen molar-refractivity contribution in [2.75, 3.05) is 31.3 Å². The van der Waals surface area contributed by atoms with Gasteiger partial charge in [-0.25, -0.2) is 24.7 Å². The third-order valence-electron chi connectivity index (χ3n) is 3.03. The lowest BCUT2D eigenvalue weighted by Gasteiger charge is -2.06. The second-order valence-corrected chi connectivity index (χ2v) is 4.85. The minimum Gasteiger partial charge on any atom is -0.462 e. The van der Waals surface area contributed by atoms with Gasteiger partial charge in [0.25, 0.3) is 0 Å². The molecule has 0 aromatic carbocycles. The van der Waals surface area contributed by atoms with Crippen LogP contribution in [0, 0.1) is 13.8 Å². The topological polar surface area (TPSA) is 122 Å². The molecule has 9 heteroatoms. The number of esters is 1. The minimum absolute atomic E-state index is 0.0313. The molecule has 9 nitrogen and oxygen atoms in total. The lowest BCUT2D eigenvalue weighted by atomic mass is 10.3. The molecule has 25 heavy (non-hydrogen) atoms. The Morgan fingerprint density at radius 2 is 1.64 bits per heavy atom. The second-order valence-electron chi connectivity index (χ2n) is 4.85. The van der Waals surface area contributed by atoms with Gasteiger partial charge in [0.05, 0.1) is 13.2 Å². The molecule has 0 aliphatic carbocycles. The maximum atomic E-state index is 11.4. The average Bonchev–Trinajstić information content (AvgIpc) is 2.62. The van der Waals surface area contributed by atoms with Crippen molar-refractivity contribution in [1.29, 1.82) is 0 Å². The van der Waals surface area contributed by atoms with Crippen molar-refractivity contribution in [2.45, 2.75) is 27.4 Å². The van der Waals surface area contributed by atoms with E-state index in [-0.39, 0.29) is 6.61 Å². The molecule has 0 amide bonds. The van der Waals surface area contributed by atoms with E-state index in [9.17, 15) is 4.79 Å². The highest BCUT2D eigenvalue weighted by molar-refractivity contribution is 5.94. The van der Waals surface area contributed by atoms with E-state index in [0.717, 1.165) is 5.56 Å². The number of aromatic nitrogens is 4. The molecule has 0 atom stereocenters. The summed E-state index contributed by atoms with van der Waals surface area (Å²) in [6.07, 6.45) is 3.08. The lowest BCUT2D eigenvalue weighted by molar-refractivity contribution is 0.0526. The fraction of sp³-hybridized carbons (Fsp3) is 0.438. The molecule has 2 aromatic rings. The smallest absolute Gasteiger partial charge is 0.343 e. The Hall–Kier alpha value is -2.81. The molecule has 0 saturated heterocycles. The number of aliphatic hydroxyl groups is 1. The molecular weight excluding hydrogens is 324 g/mol. The Labute approximate surface area is 146 Å². The number of rotatable bonds is 5. The molecule has 2 rings (SSSR count). The van der Waals surface area contributed by atoms with E-state index in [1.807, 2.05) is 6.92 Å². The quantitative estimate of drug-likeness (QED) is 0.687. The van der Waals surface area contributed by atoms with Gasteiger partial charge in [0, 0.05) is 32.1 Å². The number of carbonyl (C=O) groups excluding carboxylic acids is 1. The van der Waals surface area contributed by atoms with Crippen molar-refractivity contribution in [3.8, 4) is 0 Å². The predicted molar refractivity (Wildman–Crippen MR) is 94.5 cm³/mol. The van der Waals surface area contributed by atoms with E-state index >= 15 is 0 Å². The zero-order valence-corrected chi connectivity index (χ0v) is 15.1. The van der Waals surface area contributed by atoms with Crippen LogP contribution in [0.1, 0.15) is 34.5 Å². The van der Waals surface area contributed by atoms with E-state index in [4.69, 9.17) is 9.84 Å². The summed E-state index contributed by atoms with van der Waals surface area (Å²) >= 11 is 0. The molecular formula is C16H24N6O3. The molecule has 2 heterocycles. The van der Waals surface area contributed by atoms with Gasteiger partial charge in [-0.1, -0.05) is 0 Å². The van der Waals surface area contributed by atoms with Gasteiger partial charge in [-0.05, 0) is 20.8 Å². The zero-order chi connectivity index (χ0) is 18.8. The van der Waals surface area contributed by atoms with Gasteiger partial charge in [0.2, 0.25) is 0 Å². The van der Waals surface area contributed by atoms with Crippen molar-refractivity contribution in [1.82, 2.24) is 19.9 Å². The second kappa shape index (κ2) is 10.1. The monoisotopic (exact) mass is 348 g/mol. The molecule has 0 aliphatic rings. The fourth-order valence-electron chi connectivity index (χ4n) is 1.85. The fourth-order valence-corrected chi connectivity index (χ4v) is 1.85. The molecule has 0 aliphatic heterocycles. The summed E-state index contributed by atoms with van der Waals surface area (Å²) < 4.78 is 4.85. The number of carbonyl (C=O) groups is 1. The third-order valence-corrected chi connectivity index (χ3v) is 3.03. The third kappa shape index (κ3) is 5.96. The Morgan fingerprint density at radius 1 is 1.08 bits per heavy atom. The number of hydrogen-bond acceptors (Lipinski definition) is 9. The number of nitrogens with one attached hydrogen (secondary N) is 2. The number of nitrogens with zero attached hydrogens (tertiary/aromatic N) is 4. The first-order valence-corrected chi connectivity index (χ1v) is 7.76. The van der Waals surface area contributed by atoms with E-state index in [0.29, 0.717) is 35.5 Å². The number of anilines is 2. The summed E-state index contributed by atoms with van der Waals surface area (Å²) in [5.41, 5.74) is 1.08. The molecule has 0 bridgehead atoms. The Morgan fingerprint density at radius 3 is 2.16 bits per heavy atom. The van der Waals surface area contributed by atoms with Crippen LogP contribution in [0.2, 0.25) is 0 Å². The van der Waals surface area contributed by atoms with Crippen molar-refractivity contribution in [3.63, 3.8) is 0 Å². The highest BCUT2D eigenvalue weighted by atomic mass is 16.5. The summed E-state index contributed by atoms with van der Waals surface area (Å²) in [6, 6.07) is 0. The van der Waals surface area contributed by atoms with Gasteiger partial charge in [0.1, 0.15) is 28.8 Å². The minimum atomic E-state index is -0.406. The maximum Gasteiger partial charge on any atom is 0.343 e. The Balaban J connectivity index is 0.000000257. The molecule has 0 fully saturated rings. The van der Waals surface area contributed by atoms with E-state index in [1.165, 1.54) is 6.20 Å². The Bertz CT molecular complexity index is 708. The number of aliphatic hydroxyl groups excluding tert-OH is 1. The molecule has 2 aromatic heterocycles. The van der Waals surface area contributed by atoms with Gasteiger partial charge in [-0.2, -0.15) is 0 Å². The van der Waals surface area contributed by atoms with Crippen LogP contribution in [0.3, 0.4) is 0 Å². The van der Waals surface area contributed by atoms with Crippen LogP contribution < -0.4 is 10.6 Å². The number of hydrogen-bond donors (Lipinski definition) is 3. The molecule has 136 valence electrons. The van der Waals surface area contributed by atoms with Crippen LogP contribution in [-0.4, -0.2) is 51.7 Å². The molecule has 3 N–H and O–H groups in total. The molecule has 0 saturated carbocycles. The van der Waals surface area contributed by atoms with Crippen LogP contribution in [0.15, 0.2) is 12.4 Å². The van der Waals surface area contributed by atoms with Crippen molar-refractivity contribution in [3.05, 3.63) is 35.2 Å². The van der Waals surface area contributed by atoms with Crippen LogP contribution >= 0.6 is 0 Å². The molecule has 0 unspecified atom stereocenters. The highest BCUT2D eigenvalue weighted by Gasteiger charge is 2.13. The van der Waals surface area contributed by atoms with Crippen LogP contribution in [0.4, 0.5) is 11.6 Å². The maximum absolute atomic E-state index is 11.4. The first kappa shape index (κ1) is 20.2. The van der Waals surface area contributed by atoms with Crippen molar-refractivity contribution in [2.24, 2.45) is 0 Å². The summed E-state index contributed by atoms with van der Waals surface area (Å²) in [7, 11) is 3.46. The van der Waals surface area contributed by atoms with E-state index in [2.05, 4.69) is 30.6 Å². The largest absolute Gasteiger partial charge is 0.462 e. The number of aryl methyl sites for hydroxylation is 2. The number of ether oxygens (including phenoxy) is 1. The molecule has 0 radical (unpaired) electrons. The van der Waals surface area contributed by atoms with Crippen LogP contribution in [0.5, 0.6) is 0 Å². The van der Waals surface area contributed by atoms with Gasteiger partial charge in [-0.3, -0.25) is 0 Å². The van der Waals surface area contributed by atoms with Crippen molar-refractivity contribution < 1.29 is 14.6 Å². The standard InChI is InChI=1S/C9H13N3O2.C7H11N3O/c1-4-14-9(13)7-5-11-6(2)12-8(7)10-3;1-5-9-3-6(4-11)7(8-2)10-5/h5H,4H2,1-3H3,(H,10,11,12);3,11H,4H2,1-2H3,(H,8,9,10). The van der Waals surface area contributed by atoms with Gasteiger partial charge < -0.3 is 20.5 Å². The van der Waals surface area contributed by atoms with Gasteiger partial charge >= 0.3 is 5.97 Å². The SMILES string of the molecule is CCOC(=O)c1cnc(C)nc1NC.CNc1nc(C)ncc1CO. The van der Waals surface area contributed by atoms with E-state index < -0.39 is 5.97 Å². The van der Waals surface area contributed by atoms with Gasteiger partial charge in [0.15, 0.2) is 0 Å². The lowest BCUT2D eigenvalue weighted by Crippen LogP contribution is -2.10. The average molecular weight is 348 g/mol. The predicted octanol–water partition coefficient (Wildman–Crippen LogP) is 1.32. The van der Waals surface area contributed by atoms with Crippen LogP contribution in [0.25, 0.3) is 0 Å². The van der Waals surface area contributed by atoms with E-state index in [1.54, 1.807) is 34.1 Å². The summed E-state index contributed by atoms with van der Waals surface area (Å²) in [4.78, 5) is 27.4. The van der Waals surface area contributed by atoms with Gasteiger partial charge in [-0.15, -0.1) is 0 Å². The summed E-state index contributed by atoms with van der Waals surface area (Å²) in [5.74, 6) is 2.10. The van der Waals surface area contributed by atoms with Crippen molar-refractivity contribution >= 4 is 17.6 Å². The Kier molecular flexibility index (Phi) is 8.21. The first-order valence-electron chi connectivity index (χ1n) is 7.76. The molecule has 0 spiro atoms. The highest BCUT2D eigenvalue weighted by Crippen LogP contribution is 2.12. The van der Waals surface area contributed by atoms with Crippen LogP contribution in [-0.2, 0) is 11.3 Å². The zero-order valence-electron chi connectivity index (χ0n) is 15.1. The first-order chi connectivity index (χ1) is 12.0. The summed E-state index contributed by atoms with van der Waals surface area (Å²) in [6.45, 7) is 5.64.